The first-order valence-corrected chi connectivity index (χ1v) is 12.1. The molecule has 1 aliphatic heterocycles. The van der Waals surface area contributed by atoms with Crippen LogP contribution in [0.25, 0.3) is 0 Å². The number of carboxylic acid groups (broad SMARTS) is 1. The van der Waals surface area contributed by atoms with Crippen LogP contribution in [0.3, 0.4) is 0 Å². The van der Waals surface area contributed by atoms with Crippen molar-refractivity contribution in [3.8, 4) is 17.2 Å². The summed E-state index contributed by atoms with van der Waals surface area (Å²) < 4.78 is 5.97. The lowest BCUT2D eigenvalue weighted by atomic mass is 9.66. The summed E-state index contributed by atoms with van der Waals surface area (Å²) in [6.07, 6.45) is 3.29. The Morgan fingerprint density at radius 1 is 1.40 bits per heavy atom. The molecule has 1 N–H and O–H groups in total. The predicted molar refractivity (Wildman–Crippen MR) is 101 cm³/mol. The molecular weight excluding hydrogens is 332 g/mol. The van der Waals surface area contributed by atoms with Crippen LogP contribution in [0.1, 0.15) is 32.8 Å². The lowest BCUT2D eigenvalue weighted by Crippen LogP contribution is -2.70. The van der Waals surface area contributed by atoms with E-state index in [9.17, 15) is 9.90 Å². The van der Waals surface area contributed by atoms with Crippen LogP contribution in [0.15, 0.2) is 18.5 Å². The third kappa shape index (κ3) is 4.34. The molecule has 1 atom stereocenters. The van der Waals surface area contributed by atoms with E-state index in [0.29, 0.717) is 18.9 Å². The molecule has 1 aliphatic rings. The molecular formula is C19H28N2O3Si. The number of likely N-dealkylation sites (tertiary alicyclic amines) is 1. The van der Waals surface area contributed by atoms with Gasteiger partial charge in [-0.1, -0.05) is 46.3 Å². The predicted octanol–water partition coefficient (Wildman–Crippen LogP) is 3.86. The normalized spacial score (nSPS) is 20.3. The van der Waals surface area contributed by atoms with Gasteiger partial charge in [-0.15, -0.1) is 5.54 Å². The van der Waals surface area contributed by atoms with E-state index in [-0.39, 0.29) is 5.41 Å². The molecule has 0 spiro atoms. The van der Waals surface area contributed by atoms with Crippen molar-refractivity contribution in [2.24, 2.45) is 5.41 Å². The van der Waals surface area contributed by atoms with Crippen LogP contribution < -0.4 is 4.74 Å². The molecule has 25 heavy (non-hydrogen) atoms. The number of hydrogen-bond acceptors (Lipinski definition) is 3. The van der Waals surface area contributed by atoms with Crippen molar-refractivity contribution in [3.63, 3.8) is 0 Å². The van der Waals surface area contributed by atoms with Gasteiger partial charge in [0.1, 0.15) is 20.4 Å². The zero-order valence-corrected chi connectivity index (χ0v) is 17.0. The van der Waals surface area contributed by atoms with Crippen molar-refractivity contribution in [2.75, 3.05) is 13.2 Å². The first kappa shape index (κ1) is 19.3. The van der Waals surface area contributed by atoms with Crippen LogP contribution in [0, 0.1) is 16.9 Å². The number of aromatic nitrogens is 1. The Labute approximate surface area is 151 Å². The molecule has 6 heteroatoms. The van der Waals surface area contributed by atoms with E-state index in [1.54, 1.807) is 12.4 Å². The Balaban J connectivity index is 2.17. The van der Waals surface area contributed by atoms with Crippen molar-refractivity contribution >= 4 is 14.2 Å². The molecule has 1 aromatic rings. The molecule has 1 saturated heterocycles. The Bertz CT molecular complexity index is 710. The van der Waals surface area contributed by atoms with Gasteiger partial charge in [0.25, 0.3) is 0 Å². The average Bonchev–Trinajstić information content (AvgIpc) is 2.42. The number of amides is 1. The molecule has 1 aromatic heterocycles. The maximum Gasteiger partial charge on any atom is 0.407 e. The molecule has 2 heterocycles. The van der Waals surface area contributed by atoms with Crippen LogP contribution in [0.2, 0.25) is 19.6 Å². The third-order valence-corrected chi connectivity index (χ3v) is 5.54. The second-order valence-electron chi connectivity index (χ2n) is 8.66. The summed E-state index contributed by atoms with van der Waals surface area (Å²) in [4.78, 5) is 17.2. The Hall–Kier alpha value is -2.00. The molecule has 0 bridgehead atoms. The summed E-state index contributed by atoms with van der Waals surface area (Å²) in [7, 11) is -1.45. The minimum atomic E-state index is -1.45. The van der Waals surface area contributed by atoms with E-state index in [0.717, 1.165) is 12.0 Å². The number of carbonyl (C=O) groups is 1. The maximum absolute atomic E-state index is 11.5. The van der Waals surface area contributed by atoms with Crippen molar-refractivity contribution in [1.29, 1.82) is 0 Å². The topological polar surface area (TPSA) is 62.7 Å². The molecule has 1 amide bonds. The number of hydrogen-bond donors (Lipinski definition) is 1. The van der Waals surface area contributed by atoms with E-state index in [1.165, 1.54) is 4.90 Å². The van der Waals surface area contributed by atoms with Gasteiger partial charge in [0, 0.05) is 18.3 Å². The van der Waals surface area contributed by atoms with Crippen molar-refractivity contribution < 1.29 is 14.6 Å². The standard InChI is InChI=1S/C19H28N2O3Si/c1-18(2,3)19(8-9-21(19)17(22)23)14-24-16-11-15(12-20-13-16)7-10-25(4,5)6/h11-13H,8-9,14H2,1-6H3,(H,22,23)/t19-/m1/s1. The SMILES string of the molecule is CC(C)(C)[C@]1(COc2cncc(C#C[Si](C)(C)C)c2)CCN1C(=O)O. The van der Waals surface area contributed by atoms with Crippen LogP contribution in [-0.2, 0) is 0 Å². The third-order valence-electron chi connectivity index (χ3n) is 4.67. The summed E-state index contributed by atoms with van der Waals surface area (Å²) in [6, 6.07) is 1.88. The summed E-state index contributed by atoms with van der Waals surface area (Å²) in [6.45, 7) is 13.6. The fraction of sp³-hybridized carbons (Fsp3) is 0.579. The molecule has 0 aliphatic carbocycles. The van der Waals surface area contributed by atoms with Gasteiger partial charge in [0.05, 0.1) is 11.7 Å². The molecule has 5 nitrogen and oxygen atoms in total. The maximum atomic E-state index is 11.5. The lowest BCUT2D eigenvalue weighted by molar-refractivity contribution is -0.0962. The summed E-state index contributed by atoms with van der Waals surface area (Å²) in [5, 5.41) is 9.46. The highest BCUT2D eigenvalue weighted by Gasteiger charge is 2.55. The Morgan fingerprint density at radius 3 is 2.56 bits per heavy atom. The smallest absolute Gasteiger partial charge is 0.407 e. The fourth-order valence-corrected chi connectivity index (χ4v) is 3.47. The quantitative estimate of drug-likeness (QED) is 0.657. The highest BCUT2D eigenvalue weighted by molar-refractivity contribution is 6.83. The lowest BCUT2D eigenvalue weighted by Gasteiger charge is -2.57. The van der Waals surface area contributed by atoms with E-state index >= 15 is 0 Å². The minimum absolute atomic E-state index is 0.216. The van der Waals surface area contributed by atoms with Crippen molar-refractivity contribution in [3.05, 3.63) is 24.0 Å². The van der Waals surface area contributed by atoms with Crippen molar-refractivity contribution in [2.45, 2.75) is 52.4 Å². The van der Waals surface area contributed by atoms with E-state index < -0.39 is 19.7 Å². The largest absolute Gasteiger partial charge is 0.489 e. The van der Waals surface area contributed by atoms with Gasteiger partial charge < -0.3 is 9.84 Å². The van der Waals surface area contributed by atoms with E-state index in [4.69, 9.17) is 4.74 Å². The molecule has 0 saturated carbocycles. The second-order valence-corrected chi connectivity index (χ2v) is 13.4. The summed E-state index contributed by atoms with van der Waals surface area (Å²) >= 11 is 0. The Kier molecular flexibility index (Phi) is 5.19. The van der Waals surface area contributed by atoms with Gasteiger partial charge in [-0.2, -0.15) is 0 Å². The Morgan fingerprint density at radius 2 is 2.08 bits per heavy atom. The average molecular weight is 361 g/mol. The van der Waals surface area contributed by atoms with Crippen LogP contribution in [0.4, 0.5) is 4.79 Å². The first-order chi connectivity index (χ1) is 11.4. The number of nitrogens with zero attached hydrogens (tertiary/aromatic N) is 2. The van der Waals surface area contributed by atoms with Gasteiger partial charge in [0.15, 0.2) is 0 Å². The fourth-order valence-electron chi connectivity index (χ4n) is 2.95. The molecule has 136 valence electrons. The van der Waals surface area contributed by atoms with E-state index in [2.05, 4.69) is 56.9 Å². The second kappa shape index (κ2) is 6.72. The molecule has 0 radical (unpaired) electrons. The molecule has 1 fully saturated rings. The highest BCUT2D eigenvalue weighted by atomic mass is 28.3. The molecule has 0 aromatic carbocycles. The van der Waals surface area contributed by atoms with Gasteiger partial charge in [-0.05, 0) is 17.9 Å². The highest BCUT2D eigenvalue weighted by Crippen LogP contribution is 2.45. The van der Waals surface area contributed by atoms with Gasteiger partial charge in [-0.3, -0.25) is 9.88 Å². The zero-order valence-electron chi connectivity index (χ0n) is 16.0. The number of rotatable bonds is 3. The minimum Gasteiger partial charge on any atom is -0.489 e. The van der Waals surface area contributed by atoms with Gasteiger partial charge in [-0.25, -0.2) is 4.79 Å². The summed E-state index contributed by atoms with van der Waals surface area (Å²) in [5.41, 5.74) is 3.41. The first-order valence-electron chi connectivity index (χ1n) is 8.56. The van der Waals surface area contributed by atoms with Gasteiger partial charge in [0.2, 0.25) is 0 Å². The number of ether oxygens (including phenoxy) is 1. The molecule has 2 rings (SSSR count). The monoisotopic (exact) mass is 360 g/mol. The molecule has 0 unspecified atom stereocenters. The number of pyridine rings is 1. The van der Waals surface area contributed by atoms with Crippen molar-refractivity contribution in [1.82, 2.24) is 9.88 Å². The van der Waals surface area contributed by atoms with Gasteiger partial charge >= 0.3 is 6.09 Å². The zero-order chi connectivity index (χ0) is 18.9. The van der Waals surface area contributed by atoms with Crippen LogP contribution in [-0.4, -0.2) is 47.8 Å². The van der Waals surface area contributed by atoms with Crippen LogP contribution >= 0.6 is 0 Å². The van der Waals surface area contributed by atoms with Crippen LogP contribution in [0.5, 0.6) is 5.75 Å². The van der Waals surface area contributed by atoms with E-state index in [1.807, 2.05) is 6.07 Å². The summed E-state index contributed by atoms with van der Waals surface area (Å²) in [5.74, 6) is 3.80.